The number of imidazole rings is 1. The predicted octanol–water partition coefficient (Wildman–Crippen LogP) is 2.73. The van der Waals surface area contributed by atoms with Crippen LogP contribution in [-0.4, -0.2) is 46.7 Å². The fourth-order valence-electron chi connectivity index (χ4n) is 3.04. The van der Waals surface area contributed by atoms with Crippen molar-refractivity contribution >= 4 is 23.4 Å². The summed E-state index contributed by atoms with van der Waals surface area (Å²) in [5.74, 6) is 0.502. The lowest BCUT2D eigenvalue weighted by Crippen LogP contribution is -2.30. The third-order valence-corrected chi connectivity index (χ3v) is 4.42. The first kappa shape index (κ1) is 18.8. The minimum absolute atomic E-state index is 0.0324. The number of hydrogen-bond donors (Lipinski definition) is 2. The number of anilines is 2. The SMILES string of the molecule is CC(C)Cn1cncc1CNC(=O)Nc1cccc(N2CCN(C)C2=O)c1. The summed E-state index contributed by atoms with van der Waals surface area (Å²) in [5, 5.41) is 5.68. The van der Waals surface area contributed by atoms with E-state index in [1.54, 1.807) is 41.5 Å². The highest BCUT2D eigenvalue weighted by Crippen LogP contribution is 2.23. The van der Waals surface area contributed by atoms with Crippen molar-refractivity contribution in [2.75, 3.05) is 30.4 Å². The standard InChI is InChI=1S/C19H26N6O2/c1-14(2)12-24-13-20-10-17(24)11-21-18(26)22-15-5-4-6-16(9-15)25-8-7-23(3)19(25)27/h4-6,9-10,13-14H,7-8,11-12H2,1-3H3,(H2,21,22,26). The maximum absolute atomic E-state index is 12.2. The average Bonchev–Trinajstić information content (AvgIpc) is 3.20. The van der Waals surface area contributed by atoms with E-state index in [-0.39, 0.29) is 12.1 Å². The van der Waals surface area contributed by atoms with E-state index in [2.05, 4.69) is 29.5 Å². The molecule has 1 aliphatic rings. The molecule has 2 aromatic rings. The average molecular weight is 370 g/mol. The van der Waals surface area contributed by atoms with Gasteiger partial charge in [-0.1, -0.05) is 19.9 Å². The van der Waals surface area contributed by atoms with Crippen molar-refractivity contribution in [3.63, 3.8) is 0 Å². The van der Waals surface area contributed by atoms with Crippen LogP contribution in [0.4, 0.5) is 21.0 Å². The van der Waals surface area contributed by atoms with Gasteiger partial charge in [-0.2, -0.15) is 0 Å². The topological polar surface area (TPSA) is 82.5 Å². The largest absolute Gasteiger partial charge is 0.333 e. The van der Waals surface area contributed by atoms with Crippen molar-refractivity contribution in [2.45, 2.75) is 26.9 Å². The van der Waals surface area contributed by atoms with Crippen molar-refractivity contribution < 1.29 is 9.59 Å². The first-order chi connectivity index (χ1) is 12.9. The van der Waals surface area contributed by atoms with Crippen LogP contribution in [0.25, 0.3) is 0 Å². The second kappa shape index (κ2) is 8.11. The Kier molecular flexibility index (Phi) is 5.63. The van der Waals surface area contributed by atoms with Crippen LogP contribution in [0.2, 0.25) is 0 Å². The van der Waals surface area contributed by atoms with E-state index in [1.165, 1.54) is 0 Å². The van der Waals surface area contributed by atoms with Gasteiger partial charge in [0.25, 0.3) is 0 Å². The number of nitrogens with one attached hydrogen (secondary N) is 2. The highest BCUT2D eigenvalue weighted by atomic mass is 16.2. The van der Waals surface area contributed by atoms with Gasteiger partial charge in [-0.25, -0.2) is 14.6 Å². The molecule has 0 spiro atoms. The Balaban J connectivity index is 1.58. The lowest BCUT2D eigenvalue weighted by Gasteiger charge is -2.17. The molecule has 3 rings (SSSR count). The van der Waals surface area contributed by atoms with Gasteiger partial charge >= 0.3 is 12.1 Å². The van der Waals surface area contributed by atoms with Gasteiger partial charge in [0.05, 0.1) is 18.6 Å². The summed E-state index contributed by atoms with van der Waals surface area (Å²) in [7, 11) is 1.78. The molecular weight excluding hydrogens is 344 g/mol. The highest BCUT2D eigenvalue weighted by Gasteiger charge is 2.26. The van der Waals surface area contributed by atoms with Crippen molar-refractivity contribution in [1.82, 2.24) is 19.8 Å². The second-order valence-electron chi connectivity index (χ2n) is 7.14. The Morgan fingerprint density at radius 3 is 2.81 bits per heavy atom. The van der Waals surface area contributed by atoms with Crippen molar-refractivity contribution in [1.29, 1.82) is 0 Å². The Hall–Kier alpha value is -3.03. The molecule has 27 heavy (non-hydrogen) atoms. The van der Waals surface area contributed by atoms with E-state index in [1.807, 2.05) is 16.7 Å². The van der Waals surface area contributed by atoms with E-state index in [4.69, 9.17) is 0 Å². The zero-order valence-corrected chi connectivity index (χ0v) is 16.0. The molecular formula is C19H26N6O2. The number of amides is 4. The molecule has 0 atom stereocenters. The number of aromatic nitrogens is 2. The summed E-state index contributed by atoms with van der Waals surface area (Å²) >= 11 is 0. The molecule has 0 aliphatic carbocycles. The molecule has 4 amide bonds. The summed E-state index contributed by atoms with van der Waals surface area (Å²) in [6.07, 6.45) is 3.54. The maximum atomic E-state index is 12.2. The minimum atomic E-state index is -0.297. The van der Waals surface area contributed by atoms with E-state index < -0.39 is 0 Å². The van der Waals surface area contributed by atoms with Crippen molar-refractivity contribution in [3.05, 3.63) is 42.5 Å². The molecule has 1 fully saturated rings. The molecule has 8 heteroatoms. The first-order valence-electron chi connectivity index (χ1n) is 9.10. The number of nitrogens with zero attached hydrogens (tertiary/aromatic N) is 4. The molecule has 0 saturated carbocycles. The van der Waals surface area contributed by atoms with Gasteiger partial charge in [0.2, 0.25) is 0 Å². The van der Waals surface area contributed by atoms with E-state index in [0.29, 0.717) is 31.2 Å². The number of carbonyl (C=O) groups excluding carboxylic acids is 2. The molecule has 0 bridgehead atoms. The number of hydrogen-bond acceptors (Lipinski definition) is 3. The molecule has 1 aromatic carbocycles. The Morgan fingerprint density at radius 1 is 1.30 bits per heavy atom. The van der Waals surface area contributed by atoms with Crippen LogP contribution >= 0.6 is 0 Å². The number of likely N-dealkylation sites (N-methyl/N-ethyl adjacent to an activating group) is 1. The zero-order valence-electron chi connectivity index (χ0n) is 16.0. The van der Waals surface area contributed by atoms with Crippen LogP contribution in [0, 0.1) is 5.92 Å². The molecule has 144 valence electrons. The third kappa shape index (κ3) is 4.58. The molecule has 0 radical (unpaired) electrons. The number of urea groups is 2. The van der Waals surface area contributed by atoms with Gasteiger partial charge < -0.3 is 20.1 Å². The Bertz CT molecular complexity index is 816. The number of carbonyl (C=O) groups is 2. The van der Waals surface area contributed by atoms with Crippen LogP contribution in [0.15, 0.2) is 36.8 Å². The van der Waals surface area contributed by atoms with Gasteiger partial charge in [0.1, 0.15) is 0 Å². The van der Waals surface area contributed by atoms with Gasteiger partial charge in [0.15, 0.2) is 0 Å². The second-order valence-corrected chi connectivity index (χ2v) is 7.14. The van der Waals surface area contributed by atoms with Gasteiger partial charge in [-0.3, -0.25) is 4.90 Å². The Labute approximate surface area is 159 Å². The van der Waals surface area contributed by atoms with Gasteiger partial charge in [0, 0.05) is 44.3 Å². The molecule has 2 N–H and O–H groups in total. The Morgan fingerprint density at radius 2 is 2.11 bits per heavy atom. The van der Waals surface area contributed by atoms with E-state index in [0.717, 1.165) is 17.9 Å². The molecule has 1 aromatic heterocycles. The predicted molar refractivity (Wildman–Crippen MR) is 105 cm³/mol. The summed E-state index contributed by atoms with van der Waals surface area (Å²) in [4.78, 5) is 31.9. The smallest absolute Gasteiger partial charge is 0.324 e. The normalized spacial score (nSPS) is 14.1. The van der Waals surface area contributed by atoms with Crippen LogP contribution in [0.5, 0.6) is 0 Å². The molecule has 2 heterocycles. The minimum Gasteiger partial charge on any atom is -0.333 e. The van der Waals surface area contributed by atoms with Crippen molar-refractivity contribution in [2.24, 2.45) is 5.92 Å². The number of rotatable bonds is 6. The lowest BCUT2D eigenvalue weighted by molar-refractivity contribution is 0.229. The van der Waals surface area contributed by atoms with Crippen LogP contribution < -0.4 is 15.5 Å². The molecule has 1 saturated heterocycles. The third-order valence-electron chi connectivity index (χ3n) is 4.42. The highest BCUT2D eigenvalue weighted by molar-refractivity contribution is 5.95. The van der Waals surface area contributed by atoms with Crippen LogP contribution in [0.1, 0.15) is 19.5 Å². The molecule has 8 nitrogen and oxygen atoms in total. The van der Waals surface area contributed by atoms with Gasteiger partial charge in [-0.15, -0.1) is 0 Å². The molecule has 0 unspecified atom stereocenters. The summed E-state index contributed by atoms with van der Waals surface area (Å²) in [6.45, 7) is 6.87. The van der Waals surface area contributed by atoms with Gasteiger partial charge in [-0.05, 0) is 24.1 Å². The van der Waals surface area contributed by atoms with Crippen LogP contribution in [0.3, 0.4) is 0 Å². The monoisotopic (exact) mass is 370 g/mol. The fourth-order valence-corrected chi connectivity index (χ4v) is 3.04. The van der Waals surface area contributed by atoms with E-state index in [9.17, 15) is 9.59 Å². The number of benzene rings is 1. The zero-order chi connectivity index (χ0) is 19.4. The lowest BCUT2D eigenvalue weighted by atomic mass is 10.2. The van der Waals surface area contributed by atoms with Crippen molar-refractivity contribution in [3.8, 4) is 0 Å². The first-order valence-corrected chi connectivity index (χ1v) is 9.10. The van der Waals surface area contributed by atoms with E-state index >= 15 is 0 Å². The van der Waals surface area contributed by atoms with Crippen LogP contribution in [-0.2, 0) is 13.1 Å². The maximum Gasteiger partial charge on any atom is 0.324 e. The molecule has 1 aliphatic heterocycles. The summed E-state index contributed by atoms with van der Waals surface area (Å²) in [5.41, 5.74) is 2.37. The summed E-state index contributed by atoms with van der Waals surface area (Å²) in [6, 6.07) is 6.97. The fraction of sp³-hybridized carbons (Fsp3) is 0.421. The summed E-state index contributed by atoms with van der Waals surface area (Å²) < 4.78 is 2.04. The quantitative estimate of drug-likeness (QED) is 0.820.